The Morgan fingerprint density at radius 2 is 2.09 bits per heavy atom. The summed E-state index contributed by atoms with van der Waals surface area (Å²) >= 11 is 0. The molecule has 120 valence electrons. The van der Waals surface area contributed by atoms with E-state index in [2.05, 4.69) is 52.0 Å². The van der Waals surface area contributed by atoms with Crippen molar-refractivity contribution in [3.63, 3.8) is 0 Å². The molecule has 2 nitrogen and oxygen atoms in total. The normalized spacial score (nSPS) is 42.9. The van der Waals surface area contributed by atoms with Crippen LogP contribution in [0, 0.1) is 35.0 Å². The van der Waals surface area contributed by atoms with Gasteiger partial charge in [0.2, 0.25) is 0 Å². The molecule has 2 fully saturated rings. The number of aliphatic hydroxyl groups is 1. The second-order valence-electron chi connectivity index (χ2n) is 7.81. The number of Topliss-reactive ketones (excluding diaryl/α,β-unsaturated/α-hetero) is 1. The summed E-state index contributed by atoms with van der Waals surface area (Å²) in [6.45, 7) is 8.81. The first-order chi connectivity index (χ1) is 10.4. The molecule has 0 amide bonds. The van der Waals surface area contributed by atoms with Gasteiger partial charge in [0.1, 0.15) is 5.78 Å². The summed E-state index contributed by atoms with van der Waals surface area (Å²) < 4.78 is 0. The highest BCUT2D eigenvalue weighted by atomic mass is 16.3. The molecule has 0 spiro atoms. The molecule has 1 N–H and O–H groups in total. The molecular weight excluding hydrogens is 272 g/mol. The molecule has 0 unspecified atom stereocenters. The van der Waals surface area contributed by atoms with E-state index in [9.17, 15) is 9.90 Å². The molecule has 3 aliphatic carbocycles. The van der Waals surface area contributed by atoms with E-state index < -0.39 is 0 Å². The fourth-order valence-electron chi connectivity index (χ4n) is 5.39. The van der Waals surface area contributed by atoms with Crippen LogP contribution in [0.5, 0.6) is 0 Å². The van der Waals surface area contributed by atoms with Gasteiger partial charge >= 0.3 is 0 Å². The number of carbonyl (C=O) groups excluding carboxylic acids is 1. The van der Waals surface area contributed by atoms with E-state index in [1.165, 1.54) is 11.1 Å². The maximum Gasteiger partial charge on any atom is 0.136 e. The predicted octanol–water partition coefficient (Wildman–Crippen LogP) is 3.92. The first-order valence-electron chi connectivity index (χ1n) is 8.55. The molecule has 0 saturated heterocycles. The Morgan fingerprint density at radius 3 is 2.73 bits per heavy atom. The Kier molecular flexibility index (Phi) is 3.92. The van der Waals surface area contributed by atoms with Crippen molar-refractivity contribution in [1.82, 2.24) is 0 Å². The zero-order chi connectivity index (χ0) is 16.1. The molecule has 0 aromatic carbocycles. The molecule has 6 atom stereocenters. The number of allylic oxidation sites excluding steroid dienone is 5. The maximum atomic E-state index is 12.4. The lowest BCUT2D eigenvalue weighted by atomic mass is 9.65. The Hall–Kier alpha value is -1.15. The Balaban J connectivity index is 1.89. The smallest absolute Gasteiger partial charge is 0.136 e. The van der Waals surface area contributed by atoms with Crippen LogP contribution in [0.4, 0.5) is 0 Å². The van der Waals surface area contributed by atoms with E-state index in [1.54, 1.807) is 0 Å². The highest BCUT2D eigenvalue weighted by Crippen LogP contribution is 2.67. The van der Waals surface area contributed by atoms with Crippen molar-refractivity contribution in [2.24, 2.45) is 35.0 Å². The third-order valence-electron chi connectivity index (χ3n) is 6.46. The lowest BCUT2D eigenvalue weighted by molar-refractivity contribution is -0.126. The average Bonchev–Trinajstić information content (AvgIpc) is 3.04. The van der Waals surface area contributed by atoms with Crippen LogP contribution < -0.4 is 0 Å². The van der Waals surface area contributed by atoms with Crippen molar-refractivity contribution >= 4 is 5.78 Å². The lowest BCUT2D eigenvalue weighted by Crippen LogP contribution is -2.41. The maximum absolute atomic E-state index is 12.4. The second kappa shape index (κ2) is 5.49. The monoisotopic (exact) mass is 300 g/mol. The third kappa shape index (κ3) is 2.07. The van der Waals surface area contributed by atoms with Gasteiger partial charge in [-0.1, -0.05) is 42.4 Å². The van der Waals surface area contributed by atoms with Crippen LogP contribution in [0.15, 0.2) is 35.5 Å². The SMILES string of the molecule is CC(C)=CC/C=C(/C)[C@H]1C=C[C@@]2(CO)[C@@H]1[C@@H]1C(=O)C[C@H]2[C@H]1C. The van der Waals surface area contributed by atoms with Crippen LogP contribution in [0.25, 0.3) is 0 Å². The largest absolute Gasteiger partial charge is 0.395 e. The van der Waals surface area contributed by atoms with Gasteiger partial charge in [-0.25, -0.2) is 0 Å². The molecule has 2 saturated carbocycles. The number of rotatable bonds is 4. The highest BCUT2D eigenvalue weighted by Gasteiger charge is 2.67. The van der Waals surface area contributed by atoms with Gasteiger partial charge in [-0.2, -0.15) is 0 Å². The van der Waals surface area contributed by atoms with Crippen molar-refractivity contribution < 1.29 is 9.90 Å². The number of fused-ring (bicyclic) bond motifs is 5. The van der Waals surface area contributed by atoms with Gasteiger partial charge in [0, 0.05) is 23.7 Å². The summed E-state index contributed by atoms with van der Waals surface area (Å²) in [4.78, 5) is 12.4. The summed E-state index contributed by atoms with van der Waals surface area (Å²) in [6, 6.07) is 0. The Bertz CT molecular complexity index is 564. The molecule has 2 bridgehead atoms. The predicted molar refractivity (Wildman–Crippen MR) is 89.2 cm³/mol. The fraction of sp³-hybridized carbons (Fsp3) is 0.650. The van der Waals surface area contributed by atoms with Gasteiger partial charge in [0.05, 0.1) is 6.61 Å². The number of hydrogen-bond acceptors (Lipinski definition) is 2. The Morgan fingerprint density at radius 1 is 1.36 bits per heavy atom. The van der Waals surface area contributed by atoms with E-state index in [-0.39, 0.29) is 23.9 Å². The number of aliphatic hydroxyl groups excluding tert-OH is 1. The van der Waals surface area contributed by atoms with E-state index in [0.29, 0.717) is 30.0 Å². The molecule has 0 aromatic rings. The van der Waals surface area contributed by atoms with Gasteiger partial charge in [-0.3, -0.25) is 4.79 Å². The number of carbonyl (C=O) groups is 1. The highest BCUT2D eigenvalue weighted by molar-refractivity contribution is 5.86. The zero-order valence-electron chi connectivity index (χ0n) is 14.2. The van der Waals surface area contributed by atoms with E-state index in [4.69, 9.17) is 0 Å². The Labute approximate surface area is 134 Å². The molecule has 2 heteroatoms. The van der Waals surface area contributed by atoms with Crippen molar-refractivity contribution in [1.29, 1.82) is 0 Å². The first kappa shape index (κ1) is 15.7. The molecule has 0 heterocycles. The molecule has 0 aliphatic heterocycles. The minimum Gasteiger partial charge on any atom is -0.395 e. The van der Waals surface area contributed by atoms with E-state index in [1.807, 2.05) is 0 Å². The van der Waals surface area contributed by atoms with Crippen molar-refractivity contribution in [2.45, 2.75) is 40.5 Å². The summed E-state index contributed by atoms with van der Waals surface area (Å²) in [5, 5.41) is 10.1. The number of ketones is 1. The zero-order valence-corrected chi connectivity index (χ0v) is 14.2. The quantitative estimate of drug-likeness (QED) is 0.799. The second-order valence-corrected chi connectivity index (χ2v) is 7.81. The standard InChI is InChI=1S/C20H28O2/c1-12(2)6-5-7-13(3)15-8-9-20(11-21)16-10-17(22)18(14(16)4)19(15)20/h6-9,14-16,18-19,21H,5,10-11H2,1-4H3/b13-7-/t14-,15-,16+,18+,19+,20+/m1/s1. The molecule has 3 rings (SSSR count). The van der Waals surface area contributed by atoms with Gasteiger partial charge in [0.15, 0.2) is 0 Å². The van der Waals surface area contributed by atoms with Crippen molar-refractivity contribution in [2.75, 3.05) is 6.61 Å². The first-order valence-corrected chi connectivity index (χ1v) is 8.55. The summed E-state index contributed by atoms with van der Waals surface area (Å²) in [5.74, 6) is 1.93. The van der Waals surface area contributed by atoms with Crippen LogP contribution >= 0.6 is 0 Å². The number of hydrogen-bond donors (Lipinski definition) is 1. The minimum atomic E-state index is -0.145. The lowest BCUT2D eigenvalue weighted by Gasteiger charge is -2.39. The van der Waals surface area contributed by atoms with E-state index >= 15 is 0 Å². The van der Waals surface area contributed by atoms with Gasteiger partial charge in [0.25, 0.3) is 0 Å². The summed E-state index contributed by atoms with van der Waals surface area (Å²) in [7, 11) is 0. The summed E-state index contributed by atoms with van der Waals surface area (Å²) in [5.41, 5.74) is 2.54. The molecular formula is C20H28O2. The summed E-state index contributed by atoms with van der Waals surface area (Å²) in [6.07, 6.45) is 10.6. The van der Waals surface area contributed by atoms with Crippen LogP contribution in [0.1, 0.15) is 40.5 Å². The molecule has 0 aromatic heterocycles. The van der Waals surface area contributed by atoms with Gasteiger partial charge in [-0.15, -0.1) is 0 Å². The van der Waals surface area contributed by atoms with Crippen LogP contribution in [-0.4, -0.2) is 17.5 Å². The average molecular weight is 300 g/mol. The third-order valence-corrected chi connectivity index (χ3v) is 6.46. The fourth-order valence-corrected chi connectivity index (χ4v) is 5.39. The van der Waals surface area contributed by atoms with E-state index in [0.717, 1.165) is 6.42 Å². The van der Waals surface area contributed by atoms with Crippen LogP contribution in [0.2, 0.25) is 0 Å². The topological polar surface area (TPSA) is 37.3 Å². The van der Waals surface area contributed by atoms with Crippen LogP contribution in [0.3, 0.4) is 0 Å². The van der Waals surface area contributed by atoms with Gasteiger partial charge < -0.3 is 5.11 Å². The molecule has 3 aliphatic rings. The van der Waals surface area contributed by atoms with Gasteiger partial charge in [-0.05, 0) is 44.9 Å². The molecule has 0 radical (unpaired) electrons. The minimum absolute atomic E-state index is 0.143. The van der Waals surface area contributed by atoms with Crippen molar-refractivity contribution in [3.05, 3.63) is 35.5 Å². The van der Waals surface area contributed by atoms with Crippen LogP contribution in [-0.2, 0) is 4.79 Å². The van der Waals surface area contributed by atoms with Crippen molar-refractivity contribution in [3.8, 4) is 0 Å². The molecule has 22 heavy (non-hydrogen) atoms.